The molecule has 0 spiro atoms. The summed E-state index contributed by atoms with van der Waals surface area (Å²) in [6.07, 6.45) is -0.524. The van der Waals surface area contributed by atoms with Crippen LogP contribution in [0.1, 0.15) is 6.92 Å². The lowest BCUT2D eigenvalue weighted by atomic mass is 10.3. The second kappa shape index (κ2) is 4.38. The highest BCUT2D eigenvalue weighted by molar-refractivity contribution is 5.55. The largest absolute Gasteiger partial charge is 0.497 e. The summed E-state index contributed by atoms with van der Waals surface area (Å²) >= 11 is 0. The van der Waals surface area contributed by atoms with Crippen molar-refractivity contribution in [1.29, 1.82) is 5.26 Å². The van der Waals surface area contributed by atoms with Crippen molar-refractivity contribution in [3.05, 3.63) is 18.2 Å². The van der Waals surface area contributed by atoms with Crippen molar-refractivity contribution < 1.29 is 9.47 Å². The Kier molecular flexibility index (Phi) is 3.19. The molecule has 1 aromatic rings. The molecule has 2 N–H and O–H groups in total. The number of benzene rings is 1. The van der Waals surface area contributed by atoms with Crippen molar-refractivity contribution in [3.63, 3.8) is 0 Å². The first-order valence-electron chi connectivity index (χ1n) is 4.17. The van der Waals surface area contributed by atoms with Gasteiger partial charge in [-0.2, -0.15) is 5.26 Å². The Morgan fingerprint density at radius 1 is 1.50 bits per heavy atom. The average Bonchev–Trinajstić information content (AvgIpc) is 2.21. The number of hydrogen-bond acceptors (Lipinski definition) is 4. The summed E-state index contributed by atoms with van der Waals surface area (Å²) in [5.74, 6) is 1.12. The molecule has 1 unspecified atom stereocenters. The SMILES string of the molecule is COc1ccc(N)c(OC(C)C#N)c1. The van der Waals surface area contributed by atoms with Gasteiger partial charge in [-0.15, -0.1) is 0 Å². The highest BCUT2D eigenvalue weighted by Gasteiger charge is 2.06. The fourth-order valence-corrected chi connectivity index (χ4v) is 0.961. The van der Waals surface area contributed by atoms with Gasteiger partial charge in [-0.3, -0.25) is 0 Å². The zero-order chi connectivity index (χ0) is 10.6. The van der Waals surface area contributed by atoms with E-state index in [0.29, 0.717) is 17.2 Å². The number of nitriles is 1. The standard InChI is InChI=1S/C10H12N2O2/c1-7(6-11)14-10-5-8(13-2)3-4-9(10)12/h3-5,7H,12H2,1-2H3. The fourth-order valence-electron chi connectivity index (χ4n) is 0.961. The van der Waals surface area contributed by atoms with E-state index in [-0.39, 0.29) is 0 Å². The van der Waals surface area contributed by atoms with Gasteiger partial charge in [-0.05, 0) is 19.1 Å². The molecule has 0 aromatic heterocycles. The number of ether oxygens (including phenoxy) is 2. The molecule has 0 saturated carbocycles. The second-order valence-electron chi connectivity index (χ2n) is 2.79. The van der Waals surface area contributed by atoms with Crippen molar-refractivity contribution in [2.45, 2.75) is 13.0 Å². The molecule has 0 aliphatic heterocycles. The topological polar surface area (TPSA) is 68.3 Å². The third-order valence-electron chi connectivity index (χ3n) is 1.71. The van der Waals surface area contributed by atoms with E-state index in [1.54, 1.807) is 32.2 Å². The lowest BCUT2D eigenvalue weighted by Crippen LogP contribution is -2.09. The molecule has 0 bridgehead atoms. The third-order valence-corrected chi connectivity index (χ3v) is 1.71. The number of rotatable bonds is 3. The third kappa shape index (κ3) is 2.30. The van der Waals surface area contributed by atoms with Gasteiger partial charge in [0.25, 0.3) is 0 Å². The number of nitrogen functional groups attached to an aromatic ring is 1. The van der Waals surface area contributed by atoms with Crippen LogP contribution >= 0.6 is 0 Å². The van der Waals surface area contributed by atoms with E-state index in [4.69, 9.17) is 20.5 Å². The van der Waals surface area contributed by atoms with E-state index in [2.05, 4.69) is 0 Å². The normalized spacial score (nSPS) is 11.5. The quantitative estimate of drug-likeness (QED) is 0.738. The van der Waals surface area contributed by atoms with E-state index in [1.807, 2.05) is 6.07 Å². The monoisotopic (exact) mass is 192 g/mol. The van der Waals surface area contributed by atoms with E-state index < -0.39 is 6.10 Å². The van der Waals surface area contributed by atoms with Gasteiger partial charge in [0.05, 0.1) is 12.8 Å². The molecule has 0 amide bonds. The van der Waals surface area contributed by atoms with Gasteiger partial charge in [0.2, 0.25) is 0 Å². The first kappa shape index (κ1) is 10.2. The highest BCUT2D eigenvalue weighted by atomic mass is 16.5. The maximum Gasteiger partial charge on any atom is 0.181 e. The molecule has 0 heterocycles. The molecular weight excluding hydrogens is 180 g/mol. The minimum atomic E-state index is -0.524. The van der Waals surface area contributed by atoms with Gasteiger partial charge >= 0.3 is 0 Å². The zero-order valence-electron chi connectivity index (χ0n) is 8.15. The van der Waals surface area contributed by atoms with Crippen molar-refractivity contribution in [1.82, 2.24) is 0 Å². The van der Waals surface area contributed by atoms with Crippen molar-refractivity contribution in [3.8, 4) is 17.6 Å². The minimum absolute atomic E-state index is 0.471. The van der Waals surface area contributed by atoms with Gasteiger partial charge in [-0.1, -0.05) is 0 Å². The zero-order valence-corrected chi connectivity index (χ0v) is 8.15. The summed E-state index contributed by atoms with van der Waals surface area (Å²) < 4.78 is 10.3. The molecule has 0 fully saturated rings. The van der Waals surface area contributed by atoms with Crippen LogP contribution in [0.3, 0.4) is 0 Å². The van der Waals surface area contributed by atoms with Crippen LogP contribution in [0.25, 0.3) is 0 Å². The van der Waals surface area contributed by atoms with Crippen LogP contribution in [0.5, 0.6) is 11.5 Å². The van der Waals surface area contributed by atoms with E-state index in [9.17, 15) is 0 Å². The summed E-state index contributed by atoms with van der Waals surface area (Å²) in [7, 11) is 1.56. The lowest BCUT2D eigenvalue weighted by Gasteiger charge is -2.11. The van der Waals surface area contributed by atoms with Crippen LogP contribution in [0, 0.1) is 11.3 Å². The van der Waals surface area contributed by atoms with Gasteiger partial charge < -0.3 is 15.2 Å². The Balaban J connectivity index is 2.90. The first-order chi connectivity index (χ1) is 6.67. The van der Waals surface area contributed by atoms with Crippen molar-refractivity contribution in [2.75, 3.05) is 12.8 Å². The Hall–Kier alpha value is -1.89. The van der Waals surface area contributed by atoms with Gasteiger partial charge in [0.15, 0.2) is 6.10 Å². The molecule has 0 radical (unpaired) electrons. The van der Waals surface area contributed by atoms with Crippen LogP contribution in [0.2, 0.25) is 0 Å². The summed E-state index contributed by atoms with van der Waals surface area (Å²) in [5.41, 5.74) is 6.15. The van der Waals surface area contributed by atoms with E-state index >= 15 is 0 Å². The van der Waals surface area contributed by atoms with Gasteiger partial charge in [0.1, 0.15) is 17.6 Å². The Morgan fingerprint density at radius 2 is 2.21 bits per heavy atom. The predicted octanol–water partition coefficient (Wildman–Crippen LogP) is 1.57. The molecule has 14 heavy (non-hydrogen) atoms. The Bertz CT molecular complexity index is 358. The number of nitrogens with zero attached hydrogens (tertiary/aromatic N) is 1. The maximum atomic E-state index is 8.57. The van der Waals surface area contributed by atoms with Crippen molar-refractivity contribution in [2.24, 2.45) is 0 Å². The fraction of sp³-hybridized carbons (Fsp3) is 0.300. The lowest BCUT2D eigenvalue weighted by molar-refractivity contribution is 0.276. The van der Waals surface area contributed by atoms with E-state index in [0.717, 1.165) is 0 Å². The number of hydrogen-bond donors (Lipinski definition) is 1. The first-order valence-corrected chi connectivity index (χ1v) is 4.17. The molecule has 0 aliphatic rings. The number of anilines is 1. The molecule has 0 saturated heterocycles. The van der Waals surface area contributed by atoms with Crippen LogP contribution in [0.4, 0.5) is 5.69 Å². The minimum Gasteiger partial charge on any atom is -0.497 e. The van der Waals surface area contributed by atoms with E-state index in [1.165, 1.54) is 0 Å². The maximum absolute atomic E-state index is 8.57. The molecule has 0 aliphatic carbocycles. The van der Waals surface area contributed by atoms with Gasteiger partial charge in [-0.25, -0.2) is 0 Å². The average molecular weight is 192 g/mol. The predicted molar refractivity (Wildman–Crippen MR) is 53.1 cm³/mol. The highest BCUT2D eigenvalue weighted by Crippen LogP contribution is 2.27. The summed E-state index contributed by atoms with van der Waals surface area (Å²) in [5, 5.41) is 8.57. The molecule has 1 atom stereocenters. The van der Waals surface area contributed by atoms with Crippen molar-refractivity contribution >= 4 is 5.69 Å². The van der Waals surface area contributed by atoms with Gasteiger partial charge in [0, 0.05) is 6.07 Å². The Labute approximate surface area is 82.9 Å². The van der Waals surface area contributed by atoms with Crippen LogP contribution in [-0.4, -0.2) is 13.2 Å². The molecule has 1 rings (SSSR count). The number of methoxy groups -OCH3 is 1. The second-order valence-corrected chi connectivity index (χ2v) is 2.79. The van der Waals surface area contributed by atoms with Crippen LogP contribution < -0.4 is 15.2 Å². The molecule has 1 aromatic carbocycles. The Morgan fingerprint density at radius 3 is 2.79 bits per heavy atom. The summed E-state index contributed by atoms with van der Waals surface area (Å²) in [4.78, 5) is 0. The van der Waals surface area contributed by atoms with Crippen LogP contribution in [0.15, 0.2) is 18.2 Å². The molecular formula is C10H12N2O2. The summed E-state index contributed by atoms with van der Waals surface area (Å²) in [6.45, 7) is 1.65. The van der Waals surface area contributed by atoms with Crippen LogP contribution in [-0.2, 0) is 0 Å². The molecule has 4 heteroatoms. The smallest absolute Gasteiger partial charge is 0.181 e. The molecule has 4 nitrogen and oxygen atoms in total. The molecule has 74 valence electrons. The number of nitrogens with two attached hydrogens (primary N) is 1. The summed E-state index contributed by atoms with van der Waals surface area (Å²) in [6, 6.07) is 7.03.